The van der Waals surface area contributed by atoms with Gasteiger partial charge in [-0.2, -0.15) is 4.68 Å². The fourth-order valence-electron chi connectivity index (χ4n) is 5.11. The van der Waals surface area contributed by atoms with E-state index in [2.05, 4.69) is 41.4 Å². The molecule has 46 heavy (non-hydrogen) atoms. The van der Waals surface area contributed by atoms with Crippen molar-refractivity contribution in [2.24, 2.45) is 0 Å². The minimum Gasteiger partial charge on any atom is -0.453 e. The van der Waals surface area contributed by atoms with Crippen molar-refractivity contribution in [3.8, 4) is 16.9 Å². The summed E-state index contributed by atoms with van der Waals surface area (Å²) in [5.41, 5.74) is 5.50. The lowest BCUT2D eigenvalue weighted by atomic mass is 10.0. The maximum atomic E-state index is 13.3. The van der Waals surface area contributed by atoms with Crippen molar-refractivity contribution < 1.29 is 19.1 Å². The van der Waals surface area contributed by atoms with Crippen LogP contribution in [0.5, 0.6) is 0 Å². The average molecular weight is 638 g/mol. The number of tetrazole rings is 1. The van der Waals surface area contributed by atoms with Crippen molar-refractivity contribution in [1.29, 1.82) is 0 Å². The first-order chi connectivity index (χ1) is 22.4. The number of anilines is 1. The van der Waals surface area contributed by atoms with Crippen LogP contribution >= 0.6 is 11.6 Å². The molecule has 3 aromatic carbocycles. The quantitative estimate of drug-likeness (QED) is 0.202. The van der Waals surface area contributed by atoms with Crippen LogP contribution in [0.15, 0.2) is 79.3 Å². The molecule has 0 saturated heterocycles. The molecule has 4 heterocycles. The molecule has 14 heteroatoms. The van der Waals surface area contributed by atoms with Crippen LogP contribution in [0.2, 0.25) is 5.02 Å². The van der Waals surface area contributed by atoms with Crippen molar-refractivity contribution in [2.45, 2.75) is 25.4 Å². The molecule has 13 nitrogen and oxygen atoms in total. The zero-order valence-corrected chi connectivity index (χ0v) is 25.3. The lowest BCUT2D eigenvalue weighted by Crippen LogP contribution is -2.28. The Bertz CT molecular complexity index is 1920. The number of rotatable bonds is 5. The Morgan fingerprint density at radius 3 is 2.74 bits per heavy atom. The third-order valence-electron chi connectivity index (χ3n) is 7.45. The zero-order chi connectivity index (χ0) is 32.0. The number of hydrogen-bond donors (Lipinski definition) is 4. The van der Waals surface area contributed by atoms with Gasteiger partial charge >= 0.3 is 6.09 Å². The molecule has 2 aliphatic rings. The highest BCUT2D eigenvalue weighted by molar-refractivity contribution is 6.30. The molecular formula is C32H28ClN9O4. The topological polar surface area (TPSA) is 169 Å². The van der Waals surface area contributed by atoms with Crippen LogP contribution in [0.4, 0.5) is 10.5 Å². The molecule has 4 bridgehead atoms. The number of H-pyrrole nitrogens is 1. The normalized spacial score (nSPS) is 14.6. The van der Waals surface area contributed by atoms with Crippen LogP contribution in [-0.4, -0.2) is 55.2 Å². The predicted octanol–water partition coefficient (Wildman–Crippen LogP) is 4.63. The van der Waals surface area contributed by atoms with Crippen molar-refractivity contribution in [2.75, 3.05) is 12.4 Å². The van der Waals surface area contributed by atoms with Crippen LogP contribution < -0.4 is 16.0 Å². The molecule has 0 fully saturated rings. The van der Waals surface area contributed by atoms with Crippen molar-refractivity contribution >= 4 is 41.3 Å². The molecule has 0 aliphatic carbocycles. The number of aryl methyl sites for hydroxylation is 1. The van der Waals surface area contributed by atoms with E-state index in [1.807, 2.05) is 18.2 Å². The number of carbonyl (C=O) groups is 3. The first-order valence-electron chi connectivity index (χ1n) is 14.3. The Morgan fingerprint density at radius 1 is 1.11 bits per heavy atom. The number of aromatic nitrogens is 6. The summed E-state index contributed by atoms with van der Waals surface area (Å²) in [5.74, 6) is -0.0106. The van der Waals surface area contributed by atoms with E-state index < -0.39 is 12.1 Å². The number of fused-ring (bicyclic) bond motifs is 6. The van der Waals surface area contributed by atoms with Gasteiger partial charge in [0.15, 0.2) is 0 Å². The van der Waals surface area contributed by atoms with Gasteiger partial charge in [0, 0.05) is 40.0 Å². The molecule has 1 atom stereocenters. The van der Waals surface area contributed by atoms with E-state index in [0.717, 1.165) is 16.7 Å². The molecule has 0 spiro atoms. The van der Waals surface area contributed by atoms with Gasteiger partial charge < -0.3 is 20.4 Å². The van der Waals surface area contributed by atoms with E-state index in [4.69, 9.17) is 16.3 Å². The number of nitrogens with one attached hydrogen (secondary N) is 4. The maximum absolute atomic E-state index is 13.3. The highest BCUT2D eigenvalue weighted by Gasteiger charge is 2.20. The molecule has 0 radical (unpaired) electrons. The fraction of sp³-hybridized carbons (Fsp3) is 0.156. The van der Waals surface area contributed by atoms with Crippen LogP contribution in [-0.2, 0) is 22.5 Å². The molecule has 2 aliphatic heterocycles. The van der Waals surface area contributed by atoms with Gasteiger partial charge in [-0.25, -0.2) is 9.78 Å². The van der Waals surface area contributed by atoms with Gasteiger partial charge in [-0.3, -0.25) is 14.9 Å². The van der Waals surface area contributed by atoms with E-state index in [9.17, 15) is 14.4 Å². The minimum atomic E-state index is -0.611. The average Bonchev–Trinajstić information content (AvgIpc) is 3.78. The number of ether oxygens (including phenoxy) is 1. The lowest BCUT2D eigenvalue weighted by molar-refractivity contribution is -0.117. The summed E-state index contributed by atoms with van der Waals surface area (Å²) in [7, 11) is 1.28. The number of halogens is 1. The number of carbonyl (C=O) groups excluding carboxylic acids is 3. The van der Waals surface area contributed by atoms with E-state index >= 15 is 0 Å². The maximum Gasteiger partial charge on any atom is 0.411 e. The molecule has 2 aromatic heterocycles. The van der Waals surface area contributed by atoms with Gasteiger partial charge in [-0.05, 0) is 82.9 Å². The number of amides is 3. The standard InChI is InChI=1S/C32H28ClN9O4/c1-46-32(45)37-24-9-10-25-22(15-24)16-35-31(44)20-5-2-19(3-6-20)4-11-26(30-34-17-27(25)39-30)38-29(43)13-7-21-14-23(33)8-12-28(21)42-18-36-40-41-42/h2-3,5-10,12-15,17-18,26H,4,11,16H2,1H3,(H,34,39)(H,35,44)(H,37,45)(H,38,43). The van der Waals surface area contributed by atoms with Crippen molar-refractivity contribution in [1.82, 2.24) is 40.8 Å². The predicted molar refractivity (Wildman–Crippen MR) is 170 cm³/mol. The number of hydrogen-bond acceptors (Lipinski definition) is 8. The summed E-state index contributed by atoms with van der Waals surface area (Å²) < 4.78 is 6.21. The molecular weight excluding hydrogens is 610 g/mol. The van der Waals surface area contributed by atoms with Gasteiger partial charge in [0.2, 0.25) is 5.91 Å². The third-order valence-corrected chi connectivity index (χ3v) is 7.68. The fourth-order valence-corrected chi connectivity index (χ4v) is 5.29. The van der Waals surface area contributed by atoms with Gasteiger partial charge in [0.25, 0.3) is 5.91 Å². The van der Waals surface area contributed by atoms with Gasteiger partial charge in [-0.1, -0.05) is 29.8 Å². The molecule has 1 unspecified atom stereocenters. The van der Waals surface area contributed by atoms with Crippen LogP contribution in [0.1, 0.15) is 45.3 Å². The Morgan fingerprint density at radius 2 is 1.96 bits per heavy atom. The second-order valence-electron chi connectivity index (χ2n) is 10.4. The summed E-state index contributed by atoms with van der Waals surface area (Å²) in [6, 6.07) is 17.4. The largest absolute Gasteiger partial charge is 0.453 e. The Labute approximate surface area is 268 Å². The Kier molecular flexibility index (Phi) is 8.83. The SMILES string of the molecule is COC(=O)Nc1ccc2c(c1)CNC(=O)c1ccc(cc1)CCC(NC(=O)C=Cc1cc(Cl)ccc1-n1cnnn1)c1ncc-2[nH]1. The first kappa shape index (κ1) is 30.2. The molecule has 232 valence electrons. The third kappa shape index (κ3) is 6.94. The Balaban J connectivity index is 1.31. The van der Waals surface area contributed by atoms with E-state index in [0.29, 0.717) is 51.9 Å². The lowest BCUT2D eigenvalue weighted by Gasteiger charge is -2.16. The molecule has 0 saturated carbocycles. The van der Waals surface area contributed by atoms with Crippen LogP contribution in [0.3, 0.4) is 0 Å². The monoisotopic (exact) mass is 637 g/mol. The number of methoxy groups -OCH3 is 1. The summed E-state index contributed by atoms with van der Waals surface area (Å²) in [6.45, 7) is 0.183. The number of benzene rings is 3. The first-order valence-corrected chi connectivity index (χ1v) is 14.7. The van der Waals surface area contributed by atoms with E-state index in [1.54, 1.807) is 54.7 Å². The van der Waals surface area contributed by atoms with Gasteiger partial charge in [0.05, 0.1) is 30.7 Å². The number of aromatic amines is 1. The number of imidazole rings is 1. The van der Waals surface area contributed by atoms with Gasteiger partial charge in [-0.15, -0.1) is 5.10 Å². The van der Waals surface area contributed by atoms with E-state index in [-0.39, 0.29) is 18.4 Å². The second kappa shape index (κ2) is 13.4. The summed E-state index contributed by atoms with van der Waals surface area (Å²) >= 11 is 6.24. The Hall–Kier alpha value is -5.82. The van der Waals surface area contributed by atoms with Crippen LogP contribution in [0.25, 0.3) is 23.0 Å². The summed E-state index contributed by atoms with van der Waals surface area (Å²) in [5, 5.41) is 20.5. The molecule has 3 amide bonds. The molecule has 4 N–H and O–H groups in total. The van der Waals surface area contributed by atoms with Crippen molar-refractivity contribution in [3.63, 3.8) is 0 Å². The van der Waals surface area contributed by atoms with Crippen molar-refractivity contribution in [3.05, 3.63) is 112 Å². The highest BCUT2D eigenvalue weighted by Crippen LogP contribution is 2.28. The zero-order valence-electron chi connectivity index (χ0n) is 24.5. The highest BCUT2D eigenvalue weighted by atomic mass is 35.5. The smallest absolute Gasteiger partial charge is 0.411 e. The summed E-state index contributed by atoms with van der Waals surface area (Å²) in [6.07, 6.45) is 6.75. The van der Waals surface area contributed by atoms with Crippen LogP contribution in [0, 0.1) is 0 Å². The number of nitrogens with zero attached hydrogens (tertiary/aromatic N) is 5. The molecule has 5 aromatic rings. The van der Waals surface area contributed by atoms with Gasteiger partial charge in [0.1, 0.15) is 12.2 Å². The molecule has 7 rings (SSSR count). The van der Waals surface area contributed by atoms with E-state index in [1.165, 1.54) is 24.2 Å². The summed E-state index contributed by atoms with van der Waals surface area (Å²) in [4.78, 5) is 46.1. The second-order valence-corrected chi connectivity index (χ2v) is 10.9. The minimum absolute atomic E-state index is 0.183.